The lowest BCUT2D eigenvalue weighted by molar-refractivity contribution is -0.138. The van der Waals surface area contributed by atoms with Crippen molar-refractivity contribution in [1.29, 1.82) is 0 Å². The van der Waals surface area contributed by atoms with Gasteiger partial charge in [0, 0.05) is 12.8 Å². The maximum Gasteiger partial charge on any atom is 0.416 e. The number of halogens is 3. The van der Waals surface area contributed by atoms with Crippen molar-refractivity contribution >= 4 is 5.78 Å². The Hall–Kier alpha value is -2.14. The molecule has 0 aromatic heterocycles. The van der Waals surface area contributed by atoms with E-state index in [0.29, 0.717) is 13.2 Å². The molecule has 0 saturated carbocycles. The van der Waals surface area contributed by atoms with Gasteiger partial charge in [0.1, 0.15) is 5.78 Å². The Morgan fingerprint density at radius 3 is 2.46 bits per heavy atom. The third-order valence-corrected chi connectivity index (χ3v) is 3.10. The van der Waals surface area contributed by atoms with Crippen molar-refractivity contribution in [1.82, 2.24) is 0 Å². The quantitative estimate of drug-likeness (QED) is 0.363. The minimum Gasteiger partial charge on any atom is -0.373 e. The van der Waals surface area contributed by atoms with E-state index in [-0.39, 0.29) is 24.2 Å². The first-order valence-corrected chi connectivity index (χ1v) is 7.62. The zero-order chi connectivity index (χ0) is 17.8. The fourth-order valence-corrected chi connectivity index (χ4v) is 1.95. The van der Waals surface area contributed by atoms with Crippen LogP contribution in [0.5, 0.6) is 0 Å². The summed E-state index contributed by atoms with van der Waals surface area (Å²) in [5.74, 6) is -0.263. The molecule has 0 spiro atoms. The third kappa shape index (κ3) is 7.92. The highest BCUT2D eigenvalue weighted by Gasteiger charge is 2.33. The van der Waals surface area contributed by atoms with E-state index in [9.17, 15) is 18.0 Å². The van der Waals surface area contributed by atoms with E-state index < -0.39 is 11.7 Å². The highest BCUT2D eigenvalue weighted by Crippen LogP contribution is 2.32. The Bertz CT molecular complexity index is 599. The van der Waals surface area contributed by atoms with Crippen LogP contribution < -0.4 is 0 Å². The molecule has 0 heterocycles. The number of benzene rings is 1. The van der Waals surface area contributed by atoms with Crippen molar-refractivity contribution < 1.29 is 22.7 Å². The second kappa shape index (κ2) is 10.6. The van der Waals surface area contributed by atoms with Gasteiger partial charge in [0.15, 0.2) is 0 Å². The predicted molar refractivity (Wildman–Crippen MR) is 88.7 cm³/mol. The second-order valence-corrected chi connectivity index (χ2v) is 5.04. The summed E-state index contributed by atoms with van der Waals surface area (Å²) in [4.78, 5) is 11.8. The van der Waals surface area contributed by atoms with Crippen LogP contribution in [-0.2, 0) is 22.1 Å². The number of alkyl halides is 3. The molecule has 0 radical (unpaired) electrons. The summed E-state index contributed by atoms with van der Waals surface area (Å²) >= 11 is 0. The highest BCUT2D eigenvalue weighted by molar-refractivity contribution is 5.82. The molecule has 0 aliphatic rings. The molecule has 0 fully saturated rings. The van der Waals surface area contributed by atoms with Crippen molar-refractivity contribution in [2.45, 2.75) is 25.9 Å². The molecule has 130 valence electrons. The second-order valence-electron chi connectivity index (χ2n) is 5.04. The van der Waals surface area contributed by atoms with Gasteiger partial charge in [-0.25, -0.2) is 0 Å². The number of ketones is 1. The number of allylic oxidation sites excluding steroid dienone is 4. The van der Waals surface area contributed by atoms with Crippen molar-refractivity contribution in [3.8, 4) is 0 Å². The van der Waals surface area contributed by atoms with E-state index in [4.69, 9.17) is 4.74 Å². The SMILES string of the molecule is C/C=C\COC/C=C\C=C/CC(=O)Cc1ccccc1C(F)(F)F. The molecule has 0 atom stereocenters. The van der Waals surface area contributed by atoms with Gasteiger partial charge in [-0.05, 0) is 18.6 Å². The van der Waals surface area contributed by atoms with E-state index in [2.05, 4.69) is 0 Å². The molecule has 0 amide bonds. The number of rotatable bonds is 9. The van der Waals surface area contributed by atoms with E-state index in [1.165, 1.54) is 18.2 Å². The molecular weight excluding hydrogens is 317 g/mol. The van der Waals surface area contributed by atoms with Crippen LogP contribution in [-0.4, -0.2) is 19.0 Å². The average molecular weight is 338 g/mol. The summed E-state index contributed by atoms with van der Waals surface area (Å²) in [7, 11) is 0. The Labute approximate surface area is 140 Å². The van der Waals surface area contributed by atoms with E-state index in [0.717, 1.165) is 6.07 Å². The van der Waals surface area contributed by atoms with Gasteiger partial charge in [-0.1, -0.05) is 54.7 Å². The summed E-state index contributed by atoms with van der Waals surface area (Å²) < 4.78 is 43.8. The number of carbonyl (C=O) groups is 1. The van der Waals surface area contributed by atoms with Gasteiger partial charge in [0.05, 0.1) is 18.8 Å². The monoisotopic (exact) mass is 338 g/mol. The molecule has 1 aromatic rings. The van der Waals surface area contributed by atoms with Crippen molar-refractivity contribution in [3.05, 3.63) is 71.8 Å². The summed E-state index contributed by atoms with van der Waals surface area (Å²) in [5.41, 5.74) is -0.739. The van der Waals surface area contributed by atoms with Crippen LogP contribution in [0, 0.1) is 0 Å². The maximum absolute atomic E-state index is 12.9. The van der Waals surface area contributed by atoms with Crippen LogP contribution in [0.25, 0.3) is 0 Å². The first-order valence-electron chi connectivity index (χ1n) is 7.62. The standard InChI is InChI=1S/C19H21F3O2/c1-2-3-13-24-14-9-5-4-6-11-17(23)15-16-10-7-8-12-18(16)19(20,21)22/h2-10,12H,11,13-15H2,1H3/b3-2-,6-4-,9-5-. The largest absolute Gasteiger partial charge is 0.416 e. The number of carbonyl (C=O) groups excluding carboxylic acids is 1. The topological polar surface area (TPSA) is 26.3 Å². The molecule has 0 unspecified atom stereocenters. The Kier molecular flexibility index (Phi) is 8.79. The van der Waals surface area contributed by atoms with Crippen LogP contribution in [0.1, 0.15) is 24.5 Å². The molecule has 1 aromatic carbocycles. The molecule has 1 rings (SSSR count). The van der Waals surface area contributed by atoms with Gasteiger partial charge in [0.25, 0.3) is 0 Å². The lowest BCUT2D eigenvalue weighted by Gasteiger charge is -2.11. The normalized spacial score (nSPS) is 12.7. The Morgan fingerprint density at radius 1 is 1.08 bits per heavy atom. The Morgan fingerprint density at radius 2 is 1.75 bits per heavy atom. The van der Waals surface area contributed by atoms with Gasteiger partial charge in [-0.3, -0.25) is 4.79 Å². The molecule has 0 saturated heterocycles. The molecule has 0 aliphatic heterocycles. The lowest BCUT2D eigenvalue weighted by atomic mass is 10.0. The van der Waals surface area contributed by atoms with Crippen LogP contribution in [0.15, 0.2) is 60.7 Å². The van der Waals surface area contributed by atoms with Crippen LogP contribution >= 0.6 is 0 Å². The van der Waals surface area contributed by atoms with Crippen molar-refractivity contribution in [2.75, 3.05) is 13.2 Å². The fraction of sp³-hybridized carbons (Fsp3) is 0.316. The van der Waals surface area contributed by atoms with Crippen LogP contribution in [0.2, 0.25) is 0 Å². The number of hydrogen-bond donors (Lipinski definition) is 0. The minimum absolute atomic E-state index is 0.0105. The van der Waals surface area contributed by atoms with Crippen molar-refractivity contribution in [3.63, 3.8) is 0 Å². The fourth-order valence-electron chi connectivity index (χ4n) is 1.95. The zero-order valence-corrected chi connectivity index (χ0v) is 13.6. The molecule has 2 nitrogen and oxygen atoms in total. The van der Waals surface area contributed by atoms with Crippen LogP contribution in [0.3, 0.4) is 0 Å². The first kappa shape index (κ1) is 19.9. The number of Topliss-reactive ketones (excluding diaryl/α,β-unsaturated/α-hetero) is 1. The number of hydrogen-bond acceptors (Lipinski definition) is 2. The van der Waals surface area contributed by atoms with Gasteiger partial charge >= 0.3 is 6.18 Å². The summed E-state index contributed by atoms with van der Waals surface area (Å²) in [6.07, 6.45) is 6.06. The average Bonchev–Trinajstić information content (AvgIpc) is 2.53. The van der Waals surface area contributed by atoms with E-state index >= 15 is 0 Å². The van der Waals surface area contributed by atoms with E-state index in [1.54, 1.807) is 24.3 Å². The summed E-state index contributed by atoms with van der Waals surface area (Å²) in [6, 6.07) is 5.16. The van der Waals surface area contributed by atoms with E-state index in [1.807, 2.05) is 19.1 Å². The van der Waals surface area contributed by atoms with Gasteiger partial charge in [-0.15, -0.1) is 0 Å². The predicted octanol–water partition coefficient (Wildman–Crippen LogP) is 4.91. The zero-order valence-electron chi connectivity index (χ0n) is 13.6. The molecule has 5 heteroatoms. The molecule has 0 aliphatic carbocycles. The minimum atomic E-state index is -4.44. The lowest BCUT2D eigenvalue weighted by Crippen LogP contribution is -2.12. The highest BCUT2D eigenvalue weighted by atomic mass is 19.4. The molecule has 24 heavy (non-hydrogen) atoms. The smallest absolute Gasteiger partial charge is 0.373 e. The molecular formula is C19H21F3O2. The van der Waals surface area contributed by atoms with Crippen molar-refractivity contribution in [2.24, 2.45) is 0 Å². The number of ether oxygens (including phenoxy) is 1. The third-order valence-electron chi connectivity index (χ3n) is 3.10. The Balaban J connectivity index is 2.42. The van der Waals surface area contributed by atoms with Crippen LogP contribution in [0.4, 0.5) is 13.2 Å². The summed E-state index contributed by atoms with van der Waals surface area (Å²) in [6.45, 7) is 2.91. The van der Waals surface area contributed by atoms with Gasteiger partial charge < -0.3 is 4.74 Å². The molecule has 0 bridgehead atoms. The summed E-state index contributed by atoms with van der Waals surface area (Å²) in [5, 5.41) is 0. The first-order chi connectivity index (χ1) is 11.4. The maximum atomic E-state index is 12.9. The molecule has 0 N–H and O–H groups in total. The van der Waals surface area contributed by atoms with Gasteiger partial charge in [0.2, 0.25) is 0 Å². The van der Waals surface area contributed by atoms with Gasteiger partial charge in [-0.2, -0.15) is 13.2 Å².